The minimum atomic E-state index is -4.46. The number of amides is 2. The molecule has 3 aromatic rings. The van der Waals surface area contributed by atoms with Gasteiger partial charge in [0.05, 0.1) is 36.1 Å². The fourth-order valence-corrected chi connectivity index (χ4v) is 7.54. The van der Waals surface area contributed by atoms with Gasteiger partial charge in [0, 0.05) is 63.5 Å². The van der Waals surface area contributed by atoms with Gasteiger partial charge in [-0.2, -0.15) is 28.4 Å². The van der Waals surface area contributed by atoms with E-state index in [0.717, 1.165) is 6.42 Å². The first-order valence-electron chi connectivity index (χ1n) is 16.5. The second-order valence-corrected chi connectivity index (χ2v) is 13.9. The van der Waals surface area contributed by atoms with Crippen molar-refractivity contribution in [3.63, 3.8) is 0 Å². The molecule has 12 nitrogen and oxygen atoms in total. The van der Waals surface area contributed by atoms with E-state index in [0.29, 0.717) is 31.0 Å². The van der Waals surface area contributed by atoms with E-state index in [9.17, 15) is 31.5 Å². The van der Waals surface area contributed by atoms with Crippen molar-refractivity contribution in [2.24, 2.45) is 17.8 Å². The Hall–Kier alpha value is -3.89. The van der Waals surface area contributed by atoms with Gasteiger partial charge >= 0.3 is 6.18 Å². The molecule has 0 radical (unpaired) electrons. The number of hydrogen-bond acceptors (Lipinski definition) is 8. The van der Waals surface area contributed by atoms with Crippen molar-refractivity contribution in [1.29, 1.82) is 0 Å². The van der Waals surface area contributed by atoms with E-state index in [1.54, 1.807) is 10.7 Å². The van der Waals surface area contributed by atoms with Gasteiger partial charge in [0.1, 0.15) is 11.4 Å². The zero-order valence-corrected chi connectivity index (χ0v) is 26.6. The molecule has 1 aliphatic carbocycles. The lowest BCUT2D eigenvalue weighted by atomic mass is 9.80. The zero-order chi connectivity index (χ0) is 34.0. The molecule has 8 rings (SSSR count). The van der Waals surface area contributed by atoms with Crippen LogP contribution in [0.3, 0.4) is 0 Å². The fourth-order valence-electron chi connectivity index (χ4n) is 7.54. The quantitative estimate of drug-likeness (QED) is 0.342. The fraction of sp³-hybridized carbons (Fsp3) is 0.677. The van der Waals surface area contributed by atoms with E-state index >= 15 is 0 Å². The van der Waals surface area contributed by atoms with Crippen LogP contribution in [0.25, 0.3) is 5.78 Å². The normalized spacial score (nSPS) is 27.9. The van der Waals surface area contributed by atoms with E-state index in [1.807, 2.05) is 18.7 Å². The molecule has 4 saturated heterocycles. The van der Waals surface area contributed by atoms with Gasteiger partial charge in [-0.3, -0.25) is 14.3 Å². The minimum Gasteiger partial charge on any atom is -0.371 e. The number of alkyl halides is 5. The Labute approximate surface area is 272 Å². The van der Waals surface area contributed by atoms with Gasteiger partial charge in [0.2, 0.25) is 11.8 Å². The Morgan fingerprint density at radius 1 is 1.19 bits per heavy atom. The van der Waals surface area contributed by atoms with Crippen LogP contribution in [-0.2, 0) is 16.0 Å². The molecule has 0 aromatic carbocycles. The average molecular weight is 680 g/mol. The van der Waals surface area contributed by atoms with Crippen LogP contribution in [0.1, 0.15) is 86.3 Å². The Morgan fingerprint density at radius 2 is 1.94 bits per heavy atom. The van der Waals surface area contributed by atoms with Crippen LogP contribution in [0.5, 0.6) is 0 Å². The lowest BCUT2D eigenvalue weighted by Crippen LogP contribution is -2.57. The topological polar surface area (TPSA) is 132 Å². The highest BCUT2D eigenvalue weighted by Crippen LogP contribution is 2.42. The highest BCUT2D eigenvalue weighted by atomic mass is 19.4. The molecule has 7 heterocycles. The van der Waals surface area contributed by atoms with Crippen LogP contribution in [0.15, 0.2) is 18.5 Å². The number of ether oxygens (including phenoxy) is 1. The van der Waals surface area contributed by atoms with Crippen molar-refractivity contribution in [1.82, 2.24) is 40.0 Å². The highest BCUT2D eigenvalue weighted by Gasteiger charge is 2.46. The van der Waals surface area contributed by atoms with Gasteiger partial charge in [-0.15, -0.1) is 0 Å². The maximum atomic E-state index is 14.7. The summed E-state index contributed by atoms with van der Waals surface area (Å²) in [5, 5.41) is 14.3. The van der Waals surface area contributed by atoms with Gasteiger partial charge in [-0.05, 0) is 45.1 Å². The summed E-state index contributed by atoms with van der Waals surface area (Å²) in [5.41, 5.74) is 0.874. The monoisotopic (exact) mass is 679 g/mol. The SMILES string of the molecule is CC(C)n1nccc1C(=O)N[C@H](c1cn2nc(CC3C[C@@H](C(F)(F)F)CNC3=O)c(N3CC4CC(C3)O4)nc2n1)[C@@H]1CCCC(F)(F)C1. The molecule has 6 atom stereocenters. The van der Waals surface area contributed by atoms with Crippen LogP contribution in [0, 0.1) is 17.8 Å². The molecular weight excluding hydrogens is 641 g/mol. The van der Waals surface area contributed by atoms with Crippen LogP contribution < -0.4 is 15.5 Å². The van der Waals surface area contributed by atoms with E-state index < -0.39 is 60.7 Å². The molecule has 4 aliphatic heterocycles. The van der Waals surface area contributed by atoms with E-state index in [2.05, 4.69) is 20.7 Å². The predicted octanol–water partition coefficient (Wildman–Crippen LogP) is 4.03. The third-order valence-electron chi connectivity index (χ3n) is 9.95. The smallest absolute Gasteiger partial charge is 0.371 e. The molecule has 5 fully saturated rings. The zero-order valence-electron chi connectivity index (χ0n) is 26.6. The summed E-state index contributed by atoms with van der Waals surface area (Å²) in [7, 11) is 0. The van der Waals surface area contributed by atoms with Gasteiger partial charge in [-0.1, -0.05) is 0 Å². The number of halogens is 5. The number of anilines is 1. The number of nitrogens with zero attached hydrogens (tertiary/aromatic N) is 7. The van der Waals surface area contributed by atoms with Gasteiger partial charge in [0.15, 0.2) is 5.82 Å². The molecule has 17 heteroatoms. The second kappa shape index (κ2) is 12.2. The van der Waals surface area contributed by atoms with Crippen molar-refractivity contribution in [2.45, 2.75) is 95.2 Å². The molecule has 1 saturated carbocycles. The first-order chi connectivity index (χ1) is 22.7. The van der Waals surface area contributed by atoms with Crippen LogP contribution in [0.2, 0.25) is 0 Å². The van der Waals surface area contributed by atoms with E-state index in [4.69, 9.17) is 14.8 Å². The molecule has 0 spiro atoms. The van der Waals surface area contributed by atoms with Crippen LogP contribution in [-0.4, -0.2) is 85.1 Å². The Kier molecular flexibility index (Phi) is 8.31. The Balaban J connectivity index is 1.25. The maximum Gasteiger partial charge on any atom is 0.393 e. The first kappa shape index (κ1) is 32.6. The molecular formula is C31H38F5N9O3. The largest absolute Gasteiger partial charge is 0.393 e. The molecule has 2 amide bonds. The molecule has 2 N–H and O–H groups in total. The minimum absolute atomic E-state index is 0.0237. The predicted molar refractivity (Wildman–Crippen MR) is 160 cm³/mol. The molecule has 3 aromatic heterocycles. The Morgan fingerprint density at radius 3 is 2.62 bits per heavy atom. The molecule has 2 bridgehead atoms. The van der Waals surface area contributed by atoms with Crippen molar-refractivity contribution >= 4 is 23.4 Å². The number of morpholine rings is 1. The third kappa shape index (κ3) is 6.44. The number of piperidine rings is 2. The number of hydrogen-bond donors (Lipinski definition) is 2. The molecule has 3 unspecified atom stereocenters. The number of carbonyl (C=O) groups is 2. The van der Waals surface area contributed by atoms with Gasteiger partial charge in [-0.25, -0.2) is 18.3 Å². The molecule has 260 valence electrons. The van der Waals surface area contributed by atoms with Crippen molar-refractivity contribution in [3.05, 3.63) is 35.5 Å². The summed E-state index contributed by atoms with van der Waals surface area (Å²) in [6.45, 7) is 4.25. The van der Waals surface area contributed by atoms with E-state index in [-0.39, 0.29) is 61.1 Å². The third-order valence-corrected chi connectivity index (χ3v) is 9.95. The standard InChI is InChI=1S/C31H38F5N9O3/c1-16(2)45-24(5-7-38-45)28(47)40-25(17-4-3-6-30(32,33)11-17)23-15-44-29(39-23)41-26(43-13-20-10-21(14-43)48-20)22(42-44)9-18-8-19(31(34,35)36)12-37-27(18)46/h5,7,15-21,25H,3-4,6,8-14H2,1-2H3,(H,37,46)(H,40,47)/t17-,18?,19-,20?,21?,25+/m1/s1. The number of imidazole rings is 1. The number of carbonyl (C=O) groups excluding carboxylic acids is 2. The van der Waals surface area contributed by atoms with Crippen molar-refractivity contribution in [3.8, 4) is 0 Å². The van der Waals surface area contributed by atoms with Crippen molar-refractivity contribution < 1.29 is 36.3 Å². The number of rotatable bonds is 8. The summed E-state index contributed by atoms with van der Waals surface area (Å²) in [5.74, 6) is -6.67. The lowest BCUT2D eigenvalue weighted by Gasteiger charge is -2.47. The summed E-state index contributed by atoms with van der Waals surface area (Å²) in [4.78, 5) is 37.8. The first-order valence-corrected chi connectivity index (χ1v) is 16.5. The van der Waals surface area contributed by atoms with Crippen LogP contribution in [0.4, 0.5) is 27.8 Å². The van der Waals surface area contributed by atoms with E-state index in [1.165, 1.54) is 16.9 Å². The number of nitrogens with one attached hydrogen (secondary N) is 2. The van der Waals surface area contributed by atoms with Gasteiger partial charge < -0.3 is 20.3 Å². The summed E-state index contributed by atoms with van der Waals surface area (Å²) in [6, 6.07) is 0.523. The summed E-state index contributed by atoms with van der Waals surface area (Å²) in [6.07, 6.45) is -1.06. The number of aromatic nitrogens is 6. The summed E-state index contributed by atoms with van der Waals surface area (Å²) >= 11 is 0. The van der Waals surface area contributed by atoms with Crippen molar-refractivity contribution in [2.75, 3.05) is 24.5 Å². The lowest BCUT2D eigenvalue weighted by molar-refractivity contribution is -0.183. The van der Waals surface area contributed by atoms with Gasteiger partial charge in [0.25, 0.3) is 11.7 Å². The Bertz CT molecular complexity index is 1680. The second-order valence-electron chi connectivity index (χ2n) is 13.9. The number of fused-ring (bicyclic) bond motifs is 3. The molecule has 5 aliphatic rings. The highest BCUT2D eigenvalue weighted by molar-refractivity contribution is 5.92. The van der Waals surface area contributed by atoms with Crippen LogP contribution >= 0.6 is 0 Å². The average Bonchev–Trinajstić information content (AvgIpc) is 3.67. The summed E-state index contributed by atoms with van der Waals surface area (Å²) < 4.78 is 79.0. The maximum absolute atomic E-state index is 14.7. The molecule has 48 heavy (non-hydrogen) atoms.